The van der Waals surface area contributed by atoms with Gasteiger partial charge in [-0.1, -0.05) is 42.6 Å². The van der Waals surface area contributed by atoms with Crippen LogP contribution in [0.3, 0.4) is 0 Å². The first kappa shape index (κ1) is 16.1. The fraction of sp³-hybridized carbons (Fsp3) is 0.526. The molecule has 1 spiro atoms. The summed E-state index contributed by atoms with van der Waals surface area (Å²) >= 11 is 0. The number of likely N-dealkylation sites (tertiary alicyclic amines) is 1. The summed E-state index contributed by atoms with van der Waals surface area (Å²) in [7, 11) is 0. The molecule has 0 bridgehead atoms. The van der Waals surface area contributed by atoms with E-state index in [-0.39, 0.29) is 18.0 Å². The third kappa shape index (κ3) is 3.25. The Morgan fingerprint density at radius 2 is 1.88 bits per heavy atom. The molecule has 2 aliphatic rings. The lowest BCUT2D eigenvalue weighted by Crippen LogP contribution is -2.61. The highest BCUT2D eigenvalue weighted by atomic mass is 16.4. The largest absolute Gasteiger partial charge is 0.403 e. The molecule has 25 heavy (non-hydrogen) atoms. The van der Waals surface area contributed by atoms with Gasteiger partial charge in [0, 0.05) is 24.1 Å². The first-order chi connectivity index (χ1) is 12.2. The van der Waals surface area contributed by atoms with Crippen LogP contribution in [0.1, 0.15) is 39.0 Å². The first-order valence-electron chi connectivity index (χ1n) is 9.10. The highest BCUT2D eigenvalue weighted by Gasteiger charge is 2.46. The van der Waals surface area contributed by atoms with E-state index in [4.69, 9.17) is 4.42 Å². The third-order valence-electron chi connectivity index (χ3n) is 5.43. The molecule has 1 aromatic heterocycles. The van der Waals surface area contributed by atoms with Gasteiger partial charge in [-0.05, 0) is 31.9 Å². The molecule has 1 aromatic carbocycles. The lowest BCUT2D eigenvalue weighted by atomic mass is 9.68. The number of anilines is 1. The minimum absolute atomic E-state index is 0.107. The van der Waals surface area contributed by atoms with Gasteiger partial charge in [-0.2, -0.15) is 0 Å². The van der Waals surface area contributed by atoms with E-state index in [0.29, 0.717) is 11.3 Å². The molecule has 1 atom stereocenters. The van der Waals surface area contributed by atoms with E-state index in [1.54, 1.807) is 0 Å². The van der Waals surface area contributed by atoms with Crippen molar-refractivity contribution in [3.8, 4) is 11.5 Å². The molecule has 2 fully saturated rings. The van der Waals surface area contributed by atoms with E-state index >= 15 is 0 Å². The molecule has 0 unspecified atom stereocenters. The van der Waals surface area contributed by atoms with Crippen molar-refractivity contribution in [3.05, 3.63) is 30.3 Å². The topological polar surface area (TPSA) is 71.3 Å². The fourth-order valence-electron chi connectivity index (χ4n) is 4.04. The molecule has 0 radical (unpaired) electrons. The van der Waals surface area contributed by atoms with E-state index in [0.717, 1.165) is 18.7 Å². The van der Waals surface area contributed by atoms with Gasteiger partial charge in [0.25, 0.3) is 0 Å². The molecular weight excluding hydrogens is 316 g/mol. The number of nitrogens with zero attached hydrogens (tertiary/aromatic N) is 3. The number of carbonyl (C=O) groups excluding carboxylic acids is 1. The molecule has 1 saturated heterocycles. The van der Waals surface area contributed by atoms with Crippen molar-refractivity contribution in [2.24, 2.45) is 5.41 Å². The van der Waals surface area contributed by atoms with Gasteiger partial charge in [0.2, 0.25) is 11.8 Å². The van der Waals surface area contributed by atoms with Crippen molar-refractivity contribution in [1.82, 2.24) is 15.1 Å². The van der Waals surface area contributed by atoms with Gasteiger partial charge in [-0.25, -0.2) is 0 Å². The number of rotatable bonds is 4. The van der Waals surface area contributed by atoms with E-state index in [2.05, 4.69) is 15.5 Å². The lowest BCUT2D eigenvalue weighted by molar-refractivity contribution is -0.146. The van der Waals surface area contributed by atoms with E-state index in [1.165, 1.54) is 32.1 Å². The molecule has 4 rings (SSSR count). The van der Waals surface area contributed by atoms with Crippen molar-refractivity contribution >= 4 is 11.9 Å². The molecule has 6 heteroatoms. The smallest absolute Gasteiger partial charge is 0.316 e. The van der Waals surface area contributed by atoms with Crippen LogP contribution in [0.5, 0.6) is 0 Å². The Balaban J connectivity index is 1.34. The number of amides is 1. The van der Waals surface area contributed by atoms with Crippen LogP contribution in [0.25, 0.3) is 11.5 Å². The number of nitrogens with one attached hydrogen (secondary N) is 1. The highest BCUT2D eigenvalue weighted by molar-refractivity contribution is 5.84. The van der Waals surface area contributed by atoms with E-state index < -0.39 is 0 Å². The number of hydrogen-bond donors (Lipinski definition) is 1. The van der Waals surface area contributed by atoms with Crippen molar-refractivity contribution in [2.45, 2.75) is 45.1 Å². The van der Waals surface area contributed by atoms with Crippen LogP contribution in [-0.2, 0) is 4.79 Å². The van der Waals surface area contributed by atoms with Crippen molar-refractivity contribution in [2.75, 3.05) is 18.4 Å². The molecule has 132 valence electrons. The lowest BCUT2D eigenvalue weighted by Gasteiger charge is -2.53. The van der Waals surface area contributed by atoms with Crippen LogP contribution >= 0.6 is 0 Å². The zero-order chi connectivity index (χ0) is 17.3. The molecule has 2 heterocycles. The summed E-state index contributed by atoms with van der Waals surface area (Å²) in [5, 5.41) is 11.1. The molecule has 1 amide bonds. The van der Waals surface area contributed by atoms with Crippen molar-refractivity contribution < 1.29 is 9.21 Å². The normalized spacial score (nSPS) is 20.1. The number of aromatic nitrogens is 2. The Morgan fingerprint density at radius 1 is 1.16 bits per heavy atom. The fourth-order valence-corrected chi connectivity index (χ4v) is 4.04. The first-order valence-corrected chi connectivity index (χ1v) is 9.10. The second-order valence-corrected chi connectivity index (χ2v) is 7.40. The summed E-state index contributed by atoms with van der Waals surface area (Å²) in [6, 6.07) is 9.52. The monoisotopic (exact) mass is 340 g/mol. The van der Waals surface area contributed by atoms with Crippen molar-refractivity contribution in [3.63, 3.8) is 0 Å². The Morgan fingerprint density at radius 3 is 2.60 bits per heavy atom. The maximum Gasteiger partial charge on any atom is 0.316 e. The maximum absolute atomic E-state index is 12.6. The average molecular weight is 340 g/mol. The van der Waals surface area contributed by atoms with Gasteiger partial charge in [-0.3, -0.25) is 4.79 Å². The number of benzene rings is 1. The summed E-state index contributed by atoms with van der Waals surface area (Å²) in [5.41, 5.74) is 1.27. The molecule has 1 saturated carbocycles. The van der Waals surface area contributed by atoms with Crippen LogP contribution in [0.4, 0.5) is 6.01 Å². The molecule has 6 nitrogen and oxygen atoms in total. The number of hydrogen-bond acceptors (Lipinski definition) is 5. The zero-order valence-electron chi connectivity index (χ0n) is 14.6. The zero-order valence-corrected chi connectivity index (χ0v) is 14.6. The minimum Gasteiger partial charge on any atom is -0.403 e. The van der Waals surface area contributed by atoms with Gasteiger partial charge in [0.05, 0.1) is 0 Å². The summed E-state index contributed by atoms with van der Waals surface area (Å²) in [6.45, 7) is 3.65. The summed E-state index contributed by atoms with van der Waals surface area (Å²) in [6.07, 6.45) is 6.49. The Labute approximate surface area is 147 Å². The Bertz CT molecular complexity index is 729. The highest BCUT2D eigenvalue weighted by Crippen LogP contribution is 2.43. The predicted molar refractivity (Wildman–Crippen MR) is 94.9 cm³/mol. The van der Waals surface area contributed by atoms with Gasteiger partial charge in [-0.15, -0.1) is 5.10 Å². The van der Waals surface area contributed by atoms with Gasteiger partial charge < -0.3 is 14.6 Å². The predicted octanol–water partition coefficient (Wildman–Crippen LogP) is 3.33. The summed E-state index contributed by atoms with van der Waals surface area (Å²) < 4.78 is 5.63. The second-order valence-electron chi connectivity index (χ2n) is 7.40. The van der Waals surface area contributed by atoms with Crippen LogP contribution < -0.4 is 5.32 Å². The van der Waals surface area contributed by atoms with Gasteiger partial charge in [0.1, 0.15) is 6.04 Å². The van der Waals surface area contributed by atoms with E-state index in [9.17, 15) is 4.79 Å². The van der Waals surface area contributed by atoms with Crippen LogP contribution in [0.2, 0.25) is 0 Å². The molecular formula is C19H24N4O2. The standard InChI is InChI=1S/C19H24N4O2/c1-14(17(24)23-12-19(13-23)10-6-3-7-11-19)20-18-22-21-16(25-18)15-8-4-2-5-9-15/h2,4-5,8-9,14H,3,6-7,10-13H2,1H3,(H,20,22)/t14-/m1/s1. The Kier molecular flexibility index (Phi) is 4.19. The molecule has 1 aliphatic carbocycles. The average Bonchev–Trinajstić information content (AvgIpc) is 3.09. The minimum atomic E-state index is -0.370. The third-order valence-corrected chi connectivity index (χ3v) is 5.43. The van der Waals surface area contributed by atoms with Crippen LogP contribution in [0.15, 0.2) is 34.7 Å². The Hall–Kier alpha value is -2.37. The quantitative estimate of drug-likeness (QED) is 0.924. The van der Waals surface area contributed by atoms with Crippen LogP contribution in [-0.4, -0.2) is 40.1 Å². The van der Waals surface area contributed by atoms with Crippen LogP contribution in [0, 0.1) is 5.41 Å². The maximum atomic E-state index is 12.6. The van der Waals surface area contributed by atoms with Crippen molar-refractivity contribution in [1.29, 1.82) is 0 Å². The summed E-state index contributed by atoms with van der Waals surface area (Å²) in [4.78, 5) is 14.6. The van der Waals surface area contributed by atoms with E-state index in [1.807, 2.05) is 42.2 Å². The molecule has 2 aromatic rings. The van der Waals surface area contributed by atoms with Gasteiger partial charge in [0.15, 0.2) is 0 Å². The SMILES string of the molecule is C[C@@H](Nc1nnc(-c2ccccc2)o1)C(=O)N1CC2(CCCCC2)C1. The molecule has 1 N–H and O–H groups in total. The second kappa shape index (κ2) is 6.50. The number of carbonyl (C=O) groups is 1. The molecule has 1 aliphatic heterocycles. The van der Waals surface area contributed by atoms with Gasteiger partial charge >= 0.3 is 6.01 Å². The summed E-state index contributed by atoms with van der Waals surface area (Å²) in [5.74, 6) is 0.559.